The average molecular weight is 259 g/mol. The molecule has 0 unspecified atom stereocenters. The molecule has 0 aliphatic heterocycles. The molecule has 0 spiro atoms. The molecule has 0 aliphatic carbocycles. The molecule has 0 amide bonds. The molecule has 0 saturated carbocycles. The highest BCUT2D eigenvalue weighted by Crippen LogP contribution is 2.15. The van der Waals surface area contributed by atoms with Crippen LogP contribution in [-0.4, -0.2) is 26.4 Å². The molecule has 0 aliphatic rings. The van der Waals surface area contributed by atoms with Crippen LogP contribution in [0.25, 0.3) is 0 Å². The molecule has 1 aromatic heterocycles. The van der Waals surface area contributed by atoms with E-state index < -0.39 is 10.0 Å². The standard InChI is InChI=1S/C10H13NO3S2/c1-16(13,14)11-8-10-6-5-9(15-10)4-2-3-7-12/h5-6,11-12H,3,7-8H2,1H3. The van der Waals surface area contributed by atoms with E-state index in [4.69, 9.17) is 5.11 Å². The molecule has 1 aromatic rings. The van der Waals surface area contributed by atoms with E-state index in [-0.39, 0.29) is 6.61 Å². The maximum Gasteiger partial charge on any atom is 0.209 e. The van der Waals surface area contributed by atoms with Crippen molar-refractivity contribution in [2.24, 2.45) is 0 Å². The van der Waals surface area contributed by atoms with Crippen molar-refractivity contribution in [3.8, 4) is 11.8 Å². The minimum absolute atomic E-state index is 0.0564. The largest absolute Gasteiger partial charge is 0.395 e. The van der Waals surface area contributed by atoms with E-state index in [1.807, 2.05) is 12.1 Å². The lowest BCUT2D eigenvalue weighted by Gasteiger charge is -1.97. The van der Waals surface area contributed by atoms with Crippen molar-refractivity contribution in [1.82, 2.24) is 4.72 Å². The molecule has 6 heteroatoms. The highest BCUT2D eigenvalue weighted by atomic mass is 32.2. The average Bonchev–Trinajstić information content (AvgIpc) is 2.62. The minimum atomic E-state index is -3.15. The maximum absolute atomic E-state index is 10.9. The van der Waals surface area contributed by atoms with Gasteiger partial charge in [-0.25, -0.2) is 13.1 Å². The lowest BCUT2D eigenvalue weighted by molar-refractivity contribution is 0.305. The molecule has 0 fully saturated rings. The lowest BCUT2D eigenvalue weighted by Crippen LogP contribution is -2.20. The summed E-state index contributed by atoms with van der Waals surface area (Å²) < 4.78 is 24.1. The lowest BCUT2D eigenvalue weighted by atomic mass is 10.4. The summed E-state index contributed by atoms with van der Waals surface area (Å²) in [4.78, 5) is 1.79. The van der Waals surface area contributed by atoms with Crippen LogP contribution in [0.2, 0.25) is 0 Å². The van der Waals surface area contributed by atoms with Crippen LogP contribution in [0, 0.1) is 11.8 Å². The van der Waals surface area contributed by atoms with Crippen molar-refractivity contribution in [3.63, 3.8) is 0 Å². The number of aliphatic hydroxyl groups excluding tert-OH is 1. The van der Waals surface area contributed by atoms with E-state index in [0.717, 1.165) is 16.0 Å². The first-order valence-corrected chi connectivity index (χ1v) is 7.35. The van der Waals surface area contributed by atoms with E-state index in [9.17, 15) is 8.42 Å². The summed E-state index contributed by atoms with van der Waals surface area (Å²) in [5, 5.41) is 8.55. The zero-order valence-electron chi connectivity index (χ0n) is 8.86. The van der Waals surface area contributed by atoms with Crippen LogP contribution >= 0.6 is 11.3 Å². The Labute approximate surface area is 99.4 Å². The van der Waals surface area contributed by atoms with Crippen molar-refractivity contribution >= 4 is 21.4 Å². The third-order valence-electron chi connectivity index (χ3n) is 1.62. The molecule has 0 radical (unpaired) electrons. The SMILES string of the molecule is CS(=O)(=O)NCc1ccc(C#CCCO)s1. The van der Waals surface area contributed by atoms with Crippen LogP contribution in [0.5, 0.6) is 0 Å². The summed E-state index contributed by atoms with van der Waals surface area (Å²) in [6, 6.07) is 3.68. The summed E-state index contributed by atoms with van der Waals surface area (Å²) in [5.41, 5.74) is 0. The van der Waals surface area contributed by atoms with E-state index in [1.54, 1.807) is 0 Å². The van der Waals surface area contributed by atoms with E-state index in [1.165, 1.54) is 11.3 Å². The summed E-state index contributed by atoms with van der Waals surface area (Å²) in [6.45, 7) is 0.353. The van der Waals surface area contributed by atoms with Gasteiger partial charge in [-0.05, 0) is 12.1 Å². The number of rotatable bonds is 4. The predicted molar refractivity (Wildman–Crippen MR) is 64.6 cm³/mol. The van der Waals surface area contributed by atoms with Gasteiger partial charge in [-0.15, -0.1) is 11.3 Å². The Morgan fingerprint density at radius 1 is 1.50 bits per heavy atom. The molecule has 16 heavy (non-hydrogen) atoms. The molecule has 88 valence electrons. The third kappa shape index (κ3) is 5.28. The molecular weight excluding hydrogens is 246 g/mol. The third-order valence-corrected chi connectivity index (χ3v) is 3.29. The van der Waals surface area contributed by atoms with Gasteiger partial charge in [0.1, 0.15) is 0 Å². The van der Waals surface area contributed by atoms with Crippen molar-refractivity contribution < 1.29 is 13.5 Å². The second-order valence-corrected chi connectivity index (χ2v) is 6.14. The quantitative estimate of drug-likeness (QED) is 0.775. The van der Waals surface area contributed by atoms with Crippen LogP contribution < -0.4 is 4.72 Å². The fourth-order valence-electron chi connectivity index (χ4n) is 0.948. The van der Waals surface area contributed by atoms with E-state index in [2.05, 4.69) is 16.6 Å². The van der Waals surface area contributed by atoms with Gasteiger partial charge >= 0.3 is 0 Å². The fourth-order valence-corrected chi connectivity index (χ4v) is 2.28. The molecule has 0 atom stereocenters. The summed E-state index contributed by atoms with van der Waals surface area (Å²) >= 11 is 1.44. The summed E-state index contributed by atoms with van der Waals surface area (Å²) in [5.74, 6) is 5.70. The monoisotopic (exact) mass is 259 g/mol. The van der Waals surface area contributed by atoms with Crippen LogP contribution in [0.15, 0.2) is 12.1 Å². The van der Waals surface area contributed by atoms with Gasteiger partial charge in [0.15, 0.2) is 0 Å². The summed E-state index contributed by atoms with van der Waals surface area (Å²) in [7, 11) is -3.15. The Morgan fingerprint density at radius 2 is 2.25 bits per heavy atom. The minimum Gasteiger partial charge on any atom is -0.395 e. The van der Waals surface area contributed by atoms with Gasteiger partial charge in [0.05, 0.1) is 17.7 Å². The second kappa shape index (κ2) is 6.01. The Kier molecular flexibility index (Phi) is 4.96. The molecule has 0 saturated heterocycles. The van der Waals surface area contributed by atoms with Crippen molar-refractivity contribution in [1.29, 1.82) is 0 Å². The van der Waals surface area contributed by atoms with E-state index in [0.29, 0.717) is 13.0 Å². The van der Waals surface area contributed by atoms with Crippen molar-refractivity contribution in [3.05, 3.63) is 21.9 Å². The molecule has 1 rings (SSSR count). The van der Waals surface area contributed by atoms with E-state index >= 15 is 0 Å². The first-order valence-electron chi connectivity index (χ1n) is 4.64. The zero-order valence-corrected chi connectivity index (χ0v) is 10.5. The molecule has 4 nitrogen and oxygen atoms in total. The van der Waals surface area contributed by atoms with Gasteiger partial charge in [0, 0.05) is 17.8 Å². The first-order chi connectivity index (χ1) is 7.51. The Morgan fingerprint density at radius 3 is 2.88 bits per heavy atom. The highest BCUT2D eigenvalue weighted by Gasteiger charge is 2.02. The molecule has 0 bridgehead atoms. The number of hydrogen-bond donors (Lipinski definition) is 2. The van der Waals surface area contributed by atoms with Gasteiger partial charge in [-0.2, -0.15) is 0 Å². The van der Waals surface area contributed by atoms with Gasteiger partial charge in [0.2, 0.25) is 10.0 Å². The zero-order chi connectivity index (χ0) is 12.0. The smallest absolute Gasteiger partial charge is 0.209 e. The van der Waals surface area contributed by atoms with Gasteiger partial charge in [0.25, 0.3) is 0 Å². The summed E-state index contributed by atoms with van der Waals surface area (Å²) in [6.07, 6.45) is 1.58. The normalized spacial score (nSPS) is 10.9. The Balaban J connectivity index is 2.56. The number of sulfonamides is 1. The van der Waals surface area contributed by atoms with Crippen LogP contribution in [0.4, 0.5) is 0 Å². The fraction of sp³-hybridized carbons (Fsp3) is 0.400. The topological polar surface area (TPSA) is 66.4 Å². The predicted octanol–water partition coefficient (Wildman–Crippen LogP) is 0.531. The maximum atomic E-state index is 10.9. The second-order valence-electron chi connectivity index (χ2n) is 3.13. The molecule has 0 aromatic carbocycles. The first kappa shape index (κ1) is 13.2. The highest BCUT2D eigenvalue weighted by molar-refractivity contribution is 7.88. The Hall–Kier alpha value is -0.870. The van der Waals surface area contributed by atoms with Crippen LogP contribution in [0.3, 0.4) is 0 Å². The van der Waals surface area contributed by atoms with Gasteiger partial charge in [-0.1, -0.05) is 11.8 Å². The number of nitrogens with one attached hydrogen (secondary N) is 1. The molecular formula is C10H13NO3S2. The van der Waals surface area contributed by atoms with Gasteiger partial charge in [-0.3, -0.25) is 0 Å². The Bertz CT molecular complexity index is 494. The number of thiophene rings is 1. The van der Waals surface area contributed by atoms with Crippen molar-refractivity contribution in [2.75, 3.05) is 12.9 Å². The number of aliphatic hydroxyl groups is 1. The van der Waals surface area contributed by atoms with Crippen LogP contribution in [0.1, 0.15) is 16.2 Å². The molecule has 2 N–H and O–H groups in total. The van der Waals surface area contributed by atoms with Crippen molar-refractivity contribution in [2.45, 2.75) is 13.0 Å². The van der Waals surface area contributed by atoms with Crippen LogP contribution in [-0.2, 0) is 16.6 Å². The van der Waals surface area contributed by atoms with Gasteiger partial charge < -0.3 is 5.11 Å². The number of hydrogen-bond acceptors (Lipinski definition) is 4. The molecule has 1 heterocycles.